The highest BCUT2D eigenvalue weighted by molar-refractivity contribution is 6.32. The lowest BCUT2D eigenvalue weighted by atomic mass is 10.3. The van der Waals surface area contributed by atoms with Gasteiger partial charge in [0.1, 0.15) is 17.3 Å². The Bertz CT molecular complexity index is 604. The van der Waals surface area contributed by atoms with Crippen molar-refractivity contribution in [2.75, 3.05) is 0 Å². The lowest BCUT2D eigenvalue weighted by Gasteiger charge is -2.07. The van der Waals surface area contributed by atoms with E-state index in [1.807, 2.05) is 0 Å². The predicted molar refractivity (Wildman–Crippen MR) is 64.6 cm³/mol. The fourth-order valence-corrected chi connectivity index (χ4v) is 1.55. The fourth-order valence-electron chi connectivity index (χ4n) is 1.35. The number of hydrogen-bond acceptors (Lipinski definition) is 3. The quantitative estimate of drug-likeness (QED) is 0.619. The van der Waals surface area contributed by atoms with Crippen molar-refractivity contribution >= 4 is 17.3 Å². The Labute approximate surface area is 107 Å². The number of nitro groups is 1. The van der Waals surface area contributed by atoms with Gasteiger partial charge in [-0.2, -0.15) is 0 Å². The molecular weight excluding hydrogens is 261 g/mol. The van der Waals surface area contributed by atoms with Gasteiger partial charge >= 0.3 is 0 Å². The first-order valence-electron chi connectivity index (χ1n) is 4.93. The van der Waals surface area contributed by atoms with E-state index in [4.69, 9.17) is 16.3 Å². The van der Waals surface area contributed by atoms with E-state index in [0.717, 1.165) is 6.07 Å². The van der Waals surface area contributed by atoms with Crippen molar-refractivity contribution in [3.8, 4) is 11.5 Å². The van der Waals surface area contributed by atoms with Gasteiger partial charge in [0.25, 0.3) is 5.69 Å². The molecule has 0 aromatic heterocycles. The van der Waals surface area contributed by atoms with E-state index in [1.165, 1.54) is 30.3 Å². The molecule has 0 amide bonds. The topological polar surface area (TPSA) is 52.4 Å². The summed E-state index contributed by atoms with van der Waals surface area (Å²) in [4.78, 5) is 10.1. The number of rotatable bonds is 3. The molecule has 4 nitrogen and oxygen atoms in total. The highest BCUT2D eigenvalue weighted by Crippen LogP contribution is 2.31. The summed E-state index contributed by atoms with van der Waals surface area (Å²) in [6.45, 7) is 0. The van der Waals surface area contributed by atoms with E-state index in [1.54, 1.807) is 6.07 Å². The van der Waals surface area contributed by atoms with Crippen LogP contribution < -0.4 is 4.74 Å². The van der Waals surface area contributed by atoms with E-state index in [-0.39, 0.29) is 22.2 Å². The van der Waals surface area contributed by atoms with Gasteiger partial charge in [0.2, 0.25) is 0 Å². The molecule has 0 bridgehead atoms. The van der Waals surface area contributed by atoms with Crippen molar-refractivity contribution in [3.63, 3.8) is 0 Å². The molecule has 92 valence electrons. The Kier molecular flexibility index (Phi) is 3.43. The maximum absolute atomic E-state index is 12.8. The summed E-state index contributed by atoms with van der Waals surface area (Å²) in [5, 5.41) is 10.7. The summed E-state index contributed by atoms with van der Waals surface area (Å²) < 4.78 is 18.2. The fraction of sp³-hybridized carbons (Fsp3) is 0. The Balaban J connectivity index is 2.28. The number of nitro benzene ring substituents is 1. The molecule has 0 aliphatic rings. The van der Waals surface area contributed by atoms with Gasteiger partial charge in [-0.15, -0.1) is 0 Å². The summed E-state index contributed by atoms with van der Waals surface area (Å²) >= 11 is 5.78. The summed E-state index contributed by atoms with van der Waals surface area (Å²) in [5.74, 6) is 0.0164. The van der Waals surface area contributed by atoms with E-state index in [2.05, 4.69) is 0 Å². The number of halogens is 2. The van der Waals surface area contributed by atoms with Crippen LogP contribution in [0.25, 0.3) is 0 Å². The Morgan fingerprint density at radius 2 is 2.00 bits per heavy atom. The molecule has 0 heterocycles. The molecule has 0 spiro atoms. The minimum atomic E-state index is -0.529. The van der Waals surface area contributed by atoms with Crippen LogP contribution in [0.1, 0.15) is 0 Å². The van der Waals surface area contributed by atoms with Crippen LogP contribution in [0.15, 0.2) is 42.5 Å². The first-order valence-corrected chi connectivity index (χ1v) is 5.31. The third-order valence-electron chi connectivity index (χ3n) is 2.15. The third-order valence-corrected chi connectivity index (χ3v) is 2.45. The molecule has 0 saturated carbocycles. The minimum Gasteiger partial charge on any atom is -0.456 e. The number of ether oxygens (including phenoxy) is 1. The van der Waals surface area contributed by atoms with Gasteiger partial charge in [-0.1, -0.05) is 17.7 Å². The van der Waals surface area contributed by atoms with Crippen molar-refractivity contribution in [2.24, 2.45) is 0 Å². The Morgan fingerprint density at radius 1 is 1.22 bits per heavy atom. The van der Waals surface area contributed by atoms with E-state index in [0.29, 0.717) is 0 Å². The second kappa shape index (κ2) is 5.01. The lowest BCUT2D eigenvalue weighted by molar-refractivity contribution is -0.384. The molecule has 0 atom stereocenters. The van der Waals surface area contributed by atoms with Crippen LogP contribution in [-0.2, 0) is 0 Å². The Morgan fingerprint density at radius 3 is 2.67 bits per heavy atom. The second-order valence-corrected chi connectivity index (χ2v) is 3.84. The average Bonchev–Trinajstić information content (AvgIpc) is 2.33. The lowest BCUT2D eigenvalue weighted by Crippen LogP contribution is -1.90. The van der Waals surface area contributed by atoms with Gasteiger partial charge in [0, 0.05) is 6.07 Å². The van der Waals surface area contributed by atoms with Gasteiger partial charge in [-0.3, -0.25) is 10.1 Å². The molecule has 0 aliphatic heterocycles. The van der Waals surface area contributed by atoms with Crippen LogP contribution in [0, 0.1) is 15.9 Å². The molecule has 2 aromatic rings. The number of nitrogens with zero attached hydrogens (tertiary/aromatic N) is 1. The number of non-ortho nitro benzene ring substituents is 1. The zero-order chi connectivity index (χ0) is 13.1. The average molecular weight is 268 g/mol. The number of hydrogen-bond donors (Lipinski definition) is 0. The largest absolute Gasteiger partial charge is 0.456 e. The normalized spacial score (nSPS) is 10.1. The maximum Gasteiger partial charge on any atom is 0.273 e. The maximum atomic E-state index is 12.8. The van der Waals surface area contributed by atoms with E-state index in [9.17, 15) is 14.5 Å². The molecule has 0 aliphatic carbocycles. The monoisotopic (exact) mass is 267 g/mol. The van der Waals surface area contributed by atoms with Gasteiger partial charge in [0.15, 0.2) is 0 Å². The van der Waals surface area contributed by atoms with Gasteiger partial charge in [-0.25, -0.2) is 4.39 Å². The SMILES string of the molecule is O=[N+]([O-])c1cccc(Oc2ccc(F)cc2Cl)c1. The first-order chi connectivity index (χ1) is 8.56. The molecule has 0 saturated heterocycles. The van der Waals surface area contributed by atoms with Crippen molar-refractivity contribution in [3.05, 3.63) is 63.4 Å². The minimum absolute atomic E-state index is 0.0919. The standard InChI is InChI=1S/C12H7ClFNO3/c13-11-6-8(14)4-5-12(11)18-10-3-1-2-9(7-10)15(16)17/h1-7H. The van der Waals surface area contributed by atoms with E-state index < -0.39 is 10.7 Å². The summed E-state index contributed by atoms with van der Waals surface area (Å²) in [6.07, 6.45) is 0. The van der Waals surface area contributed by atoms with Crippen molar-refractivity contribution in [1.82, 2.24) is 0 Å². The molecule has 2 aromatic carbocycles. The molecule has 0 N–H and O–H groups in total. The van der Waals surface area contributed by atoms with Crippen LogP contribution >= 0.6 is 11.6 Å². The zero-order valence-corrected chi connectivity index (χ0v) is 9.73. The van der Waals surface area contributed by atoms with Gasteiger partial charge in [-0.05, 0) is 24.3 Å². The Hall–Kier alpha value is -2.14. The van der Waals surface area contributed by atoms with Crippen LogP contribution in [-0.4, -0.2) is 4.92 Å². The first kappa shape index (κ1) is 12.3. The van der Waals surface area contributed by atoms with Crippen molar-refractivity contribution < 1.29 is 14.1 Å². The number of benzene rings is 2. The molecule has 2 rings (SSSR count). The summed E-state index contributed by atoms with van der Waals surface area (Å²) in [6, 6.07) is 9.31. The molecule has 0 radical (unpaired) electrons. The second-order valence-electron chi connectivity index (χ2n) is 3.43. The molecular formula is C12H7ClFNO3. The van der Waals surface area contributed by atoms with Crippen molar-refractivity contribution in [1.29, 1.82) is 0 Å². The van der Waals surface area contributed by atoms with Crippen molar-refractivity contribution in [2.45, 2.75) is 0 Å². The van der Waals surface area contributed by atoms with Gasteiger partial charge < -0.3 is 4.74 Å². The van der Waals surface area contributed by atoms with Crippen LogP contribution in [0.3, 0.4) is 0 Å². The predicted octanol–water partition coefficient (Wildman–Crippen LogP) is 4.18. The van der Waals surface area contributed by atoms with Crippen LogP contribution in [0.2, 0.25) is 5.02 Å². The van der Waals surface area contributed by atoms with E-state index >= 15 is 0 Å². The molecule has 0 unspecified atom stereocenters. The summed E-state index contributed by atoms with van der Waals surface area (Å²) in [7, 11) is 0. The third kappa shape index (κ3) is 2.75. The molecule has 0 fully saturated rings. The van der Waals surface area contributed by atoms with Crippen LogP contribution in [0.4, 0.5) is 10.1 Å². The smallest absolute Gasteiger partial charge is 0.273 e. The summed E-state index contributed by atoms with van der Waals surface area (Å²) in [5.41, 5.74) is -0.0919. The highest BCUT2D eigenvalue weighted by Gasteiger charge is 2.09. The van der Waals surface area contributed by atoms with Gasteiger partial charge in [0.05, 0.1) is 16.0 Å². The zero-order valence-electron chi connectivity index (χ0n) is 8.97. The molecule has 18 heavy (non-hydrogen) atoms. The molecule has 6 heteroatoms. The highest BCUT2D eigenvalue weighted by atomic mass is 35.5. The van der Waals surface area contributed by atoms with Crippen LogP contribution in [0.5, 0.6) is 11.5 Å².